The van der Waals surface area contributed by atoms with E-state index in [0.717, 1.165) is 36.8 Å². The molecular formula is C14H18N4O2. The lowest BCUT2D eigenvalue weighted by molar-refractivity contribution is 0.0925. The molecule has 0 aromatic carbocycles. The van der Waals surface area contributed by atoms with Crippen LogP contribution in [-0.4, -0.2) is 28.1 Å². The zero-order valence-corrected chi connectivity index (χ0v) is 11.4. The number of amides is 1. The third kappa shape index (κ3) is 2.51. The predicted molar refractivity (Wildman–Crippen MR) is 74.2 cm³/mol. The summed E-state index contributed by atoms with van der Waals surface area (Å²) >= 11 is 0. The molecule has 106 valence electrons. The lowest BCUT2D eigenvalue weighted by Crippen LogP contribution is -2.40. The van der Waals surface area contributed by atoms with E-state index in [-0.39, 0.29) is 18.0 Å². The first-order valence-corrected chi connectivity index (χ1v) is 6.92. The number of carbonyl (C=O) groups is 1. The van der Waals surface area contributed by atoms with Gasteiger partial charge in [-0.3, -0.25) is 4.79 Å². The summed E-state index contributed by atoms with van der Waals surface area (Å²) in [5.41, 5.74) is 7.61. The second-order valence-corrected chi connectivity index (χ2v) is 5.43. The third-order valence-electron chi connectivity index (χ3n) is 3.88. The Labute approximate surface area is 116 Å². The van der Waals surface area contributed by atoms with E-state index in [9.17, 15) is 4.79 Å². The largest absolute Gasteiger partial charge is 0.349 e. The van der Waals surface area contributed by atoms with Crippen molar-refractivity contribution in [2.45, 2.75) is 44.7 Å². The molecule has 1 saturated carbocycles. The molecule has 2 aromatic heterocycles. The molecule has 2 heterocycles. The minimum atomic E-state index is -0.0968. The van der Waals surface area contributed by atoms with E-state index in [2.05, 4.69) is 15.5 Å². The Hall–Kier alpha value is -1.95. The SMILES string of the molecule is Cc1noc2ncc(C(=O)NC3CCC(N)CC3)cc12. The average Bonchev–Trinajstić information content (AvgIpc) is 2.82. The number of pyridine rings is 1. The fourth-order valence-corrected chi connectivity index (χ4v) is 2.60. The van der Waals surface area contributed by atoms with Gasteiger partial charge in [-0.1, -0.05) is 5.16 Å². The Balaban J connectivity index is 1.73. The van der Waals surface area contributed by atoms with Crippen LogP contribution < -0.4 is 11.1 Å². The number of fused-ring (bicyclic) bond motifs is 1. The topological polar surface area (TPSA) is 94.0 Å². The van der Waals surface area contributed by atoms with Crippen molar-refractivity contribution < 1.29 is 9.32 Å². The number of hydrogen-bond acceptors (Lipinski definition) is 5. The van der Waals surface area contributed by atoms with Crippen LogP contribution in [0, 0.1) is 6.92 Å². The highest BCUT2D eigenvalue weighted by atomic mass is 16.5. The van der Waals surface area contributed by atoms with Crippen molar-refractivity contribution in [1.29, 1.82) is 0 Å². The van der Waals surface area contributed by atoms with Crippen molar-refractivity contribution >= 4 is 17.0 Å². The Morgan fingerprint density at radius 3 is 2.90 bits per heavy atom. The van der Waals surface area contributed by atoms with E-state index >= 15 is 0 Å². The lowest BCUT2D eigenvalue weighted by atomic mass is 9.91. The molecule has 3 N–H and O–H groups in total. The van der Waals surface area contributed by atoms with Gasteiger partial charge >= 0.3 is 0 Å². The molecule has 2 aromatic rings. The first-order valence-electron chi connectivity index (χ1n) is 6.92. The highest BCUT2D eigenvalue weighted by molar-refractivity contribution is 5.97. The van der Waals surface area contributed by atoms with Crippen molar-refractivity contribution in [3.8, 4) is 0 Å². The van der Waals surface area contributed by atoms with Gasteiger partial charge in [0.05, 0.1) is 16.6 Å². The van der Waals surface area contributed by atoms with Gasteiger partial charge in [0.2, 0.25) is 0 Å². The third-order valence-corrected chi connectivity index (χ3v) is 3.88. The molecule has 1 amide bonds. The Morgan fingerprint density at radius 1 is 1.40 bits per heavy atom. The van der Waals surface area contributed by atoms with E-state index in [1.807, 2.05) is 6.92 Å². The second kappa shape index (κ2) is 5.20. The van der Waals surface area contributed by atoms with Gasteiger partial charge in [0.1, 0.15) is 0 Å². The fourth-order valence-electron chi connectivity index (χ4n) is 2.60. The van der Waals surface area contributed by atoms with E-state index in [4.69, 9.17) is 10.3 Å². The molecule has 0 bridgehead atoms. The van der Waals surface area contributed by atoms with Crippen LogP contribution in [0.3, 0.4) is 0 Å². The molecule has 0 atom stereocenters. The average molecular weight is 274 g/mol. The number of nitrogens with two attached hydrogens (primary N) is 1. The summed E-state index contributed by atoms with van der Waals surface area (Å²) < 4.78 is 5.04. The van der Waals surface area contributed by atoms with Gasteiger partial charge in [-0.2, -0.15) is 0 Å². The summed E-state index contributed by atoms with van der Waals surface area (Å²) in [6.07, 6.45) is 5.33. The summed E-state index contributed by atoms with van der Waals surface area (Å²) in [7, 11) is 0. The number of hydrogen-bond donors (Lipinski definition) is 2. The summed E-state index contributed by atoms with van der Waals surface area (Å²) in [5, 5.41) is 7.66. The Bertz CT molecular complexity index is 629. The molecule has 1 fully saturated rings. The highest BCUT2D eigenvalue weighted by Gasteiger charge is 2.21. The van der Waals surface area contributed by atoms with Gasteiger partial charge in [-0.15, -0.1) is 0 Å². The number of nitrogens with one attached hydrogen (secondary N) is 1. The van der Waals surface area contributed by atoms with E-state index in [1.54, 1.807) is 6.07 Å². The van der Waals surface area contributed by atoms with Gasteiger partial charge in [0.25, 0.3) is 11.6 Å². The van der Waals surface area contributed by atoms with Crippen LogP contribution in [0.1, 0.15) is 41.7 Å². The molecule has 6 heteroatoms. The molecule has 0 saturated heterocycles. The first kappa shape index (κ1) is 13.1. The van der Waals surface area contributed by atoms with Crippen LogP contribution in [0.25, 0.3) is 11.1 Å². The van der Waals surface area contributed by atoms with Crippen molar-refractivity contribution in [3.63, 3.8) is 0 Å². The number of carbonyl (C=O) groups excluding carboxylic acids is 1. The maximum atomic E-state index is 12.2. The minimum Gasteiger partial charge on any atom is -0.349 e. The number of aryl methyl sites for hydroxylation is 1. The quantitative estimate of drug-likeness (QED) is 0.866. The van der Waals surface area contributed by atoms with E-state index in [0.29, 0.717) is 11.3 Å². The van der Waals surface area contributed by atoms with Crippen molar-refractivity contribution in [3.05, 3.63) is 23.5 Å². The number of aromatic nitrogens is 2. The minimum absolute atomic E-state index is 0.0968. The smallest absolute Gasteiger partial charge is 0.257 e. The number of rotatable bonds is 2. The molecule has 0 aliphatic heterocycles. The highest BCUT2D eigenvalue weighted by Crippen LogP contribution is 2.19. The van der Waals surface area contributed by atoms with Crippen LogP contribution >= 0.6 is 0 Å². The molecule has 3 rings (SSSR count). The molecule has 1 aliphatic rings. The van der Waals surface area contributed by atoms with Crippen LogP contribution in [0.5, 0.6) is 0 Å². The van der Waals surface area contributed by atoms with Crippen LogP contribution in [-0.2, 0) is 0 Å². The van der Waals surface area contributed by atoms with Gasteiger partial charge in [-0.25, -0.2) is 4.98 Å². The fraction of sp³-hybridized carbons (Fsp3) is 0.500. The molecule has 0 unspecified atom stereocenters. The van der Waals surface area contributed by atoms with Crippen molar-refractivity contribution in [2.75, 3.05) is 0 Å². The first-order chi connectivity index (χ1) is 9.63. The molecular weight excluding hydrogens is 256 g/mol. The van der Waals surface area contributed by atoms with E-state index < -0.39 is 0 Å². The van der Waals surface area contributed by atoms with Crippen LogP contribution in [0.15, 0.2) is 16.8 Å². The van der Waals surface area contributed by atoms with Gasteiger partial charge in [0.15, 0.2) is 0 Å². The molecule has 0 spiro atoms. The second-order valence-electron chi connectivity index (χ2n) is 5.43. The maximum absolute atomic E-state index is 12.2. The molecule has 6 nitrogen and oxygen atoms in total. The summed E-state index contributed by atoms with van der Waals surface area (Å²) in [6, 6.07) is 2.26. The maximum Gasteiger partial charge on any atom is 0.257 e. The lowest BCUT2D eigenvalue weighted by Gasteiger charge is -2.26. The van der Waals surface area contributed by atoms with Crippen molar-refractivity contribution in [2.24, 2.45) is 5.73 Å². The monoisotopic (exact) mass is 274 g/mol. The van der Waals surface area contributed by atoms with E-state index in [1.165, 1.54) is 6.20 Å². The van der Waals surface area contributed by atoms with Crippen molar-refractivity contribution in [1.82, 2.24) is 15.5 Å². The van der Waals surface area contributed by atoms with Crippen LogP contribution in [0.4, 0.5) is 0 Å². The molecule has 1 aliphatic carbocycles. The molecule has 0 radical (unpaired) electrons. The predicted octanol–water partition coefficient (Wildman–Crippen LogP) is 1.53. The zero-order chi connectivity index (χ0) is 14.1. The summed E-state index contributed by atoms with van der Waals surface area (Å²) in [4.78, 5) is 16.4. The van der Waals surface area contributed by atoms with Crippen LogP contribution in [0.2, 0.25) is 0 Å². The summed E-state index contributed by atoms with van der Waals surface area (Å²) in [6.45, 7) is 1.83. The van der Waals surface area contributed by atoms with Gasteiger partial charge in [0, 0.05) is 18.3 Å². The Morgan fingerprint density at radius 2 is 2.15 bits per heavy atom. The Kier molecular flexibility index (Phi) is 3.40. The van der Waals surface area contributed by atoms with Gasteiger partial charge < -0.3 is 15.6 Å². The standard InChI is InChI=1S/C14H18N4O2/c1-8-12-6-9(7-16-14(12)20-18-8)13(19)17-11-4-2-10(15)3-5-11/h6-7,10-11H,2-5,15H2,1H3,(H,17,19). The normalized spacial score (nSPS) is 22.9. The summed E-state index contributed by atoms with van der Waals surface area (Å²) in [5.74, 6) is -0.0968. The zero-order valence-electron chi connectivity index (χ0n) is 11.4. The molecule has 20 heavy (non-hydrogen) atoms. The van der Waals surface area contributed by atoms with Gasteiger partial charge in [-0.05, 0) is 38.7 Å². The number of nitrogens with zero attached hydrogens (tertiary/aromatic N) is 2.